The maximum Gasteiger partial charge on any atom is 0.229 e. The molecule has 1 amide bonds. The van der Waals surface area contributed by atoms with Gasteiger partial charge in [-0.1, -0.05) is 18.2 Å². The van der Waals surface area contributed by atoms with Gasteiger partial charge in [0.15, 0.2) is 0 Å². The van der Waals surface area contributed by atoms with Crippen LogP contribution in [0.25, 0.3) is 0 Å². The highest BCUT2D eigenvalue weighted by atomic mass is 16.5. The first-order valence-electron chi connectivity index (χ1n) is 8.46. The highest BCUT2D eigenvalue weighted by Crippen LogP contribution is 2.28. The number of piperazine rings is 1. The number of hydrogen-bond acceptors (Lipinski definition) is 4. The van der Waals surface area contributed by atoms with E-state index in [1.54, 1.807) is 0 Å². The molecule has 0 aliphatic carbocycles. The van der Waals surface area contributed by atoms with Crippen LogP contribution in [0.5, 0.6) is 5.75 Å². The van der Waals surface area contributed by atoms with E-state index in [4.69, 9.17) is 4.74 Å². The molecule has 0 N–H and O–H groups in total. The monoisotopic (exact) mass is 323 g/mol. The van der Waals surface area contributed by atoms with Gasteiger partial charge in [-0.3, -0.25) is 9.78 Å². The largest absolute Gasteiger partial charge is 0.492 e. The Morgan fingerprint density at radius 3 is 2.58 bits per heavy atom. The molecule has 2 aliphatic heterocycles. The number of fused-ring (bicyclic) bond motifs is 1. The fourth-order valence-corrected chi connectivity index (χ4v) is 3.48. The molecule has 1 atom stereocenters. The van der Waals surface area contributed by atoms with Crippen molar-refractivity contribution in [2.24, 2.45) is 5.92 Å². The summed E-state index contributed by atoms with van der Waals surface area (Å²) in [5, 5.41) is 0. The van der Waals surface area contributed by atoms with Crippen LogP contribution in [0.4, 0.5) is 5.69 Å². The Morgan fingerprint density at radius 2 is 1.79 bits per heavy atom. The third kappa shape index (κ3) is 2.94. The first kappa shape index (κ1) is 15.0. The van der Waals surface area contributed by atoms with Crippen LogP contribution in [-0.4, -0.2) is 48.6 Å². The fourth-order valence-electron chi connectivity index (χ4n) is 3.48. The molecule has 124 valence electrons. The van der Waals surface area contributed by atoms with E-state index in [0.717, 1.165) is 43.9 Å². The number of benzene rings is 1. The lowest BCUT2D eigenvalue weighted by Crippen LogP contribution is -2.51. The van der Waals surface area contributed by atoms with Crippen LogP contribution >= 0.6 is 0 Å². The van der Waals surface area contributed by atoms with Crippen molar-refractivity contribution < 1.29 is 9.53 Å². The van der Waals surface area contributed by atoms with E-state index in [9.17, 15) is 4.79 Å². The molecular weight excluding hydrogens is 302 g/mol. The minimum absolute atomic E-state index is 0.0626. The summed E-state index contributed by atoms with van der Waals surface area (Å²) in [7, 11) is 0. The fraction of sp³-hybridized carbons (Fsp3) is 0.368. The number of aromatic nitrogens is 1. The molecule has 1 aromatic carbocycles. The molecule has 5 heteroatoms. The summed E-state index contributed by atoms with van der Waals surface area (Å²) in [5.74, 6) is 1.08. The molecule has 1 fully saturated rings. The molecule has 3 heterocycles. The van der Waals surface area contributed by atoms with E-state index < -0.39 is 0 Å². The lowest BCUT2D eigenvalue weighted by molar-refractivity contribution is -0.137. The average molecular weight is 323 g/mol. The Kier molecular flexibility index (Phi) is 4.07. The van der Waals surface area contributed by atoms with E-state index in [1.165, 1.54) is 5.69 Å². The zero-order chi connectivity index (χ0) is 16.4. The van der Waals surface area contributed by atoms with Gasteiger partial charge >= 0.3 is 0 Å². The molecule has 2 aromatic rings. The SMILES string of the molecule is O=C(C1COc2ccccc2C1)N1CCN(c2ccncc2)CC1. The molecular formula is C19H21N3O2. The first-order chi connectivity index (χ1) is 11.8. The van der Waals surface area contributed by atoms with E-state index in [0.29, 0.717) is 6.61 Å². The van der Waals surface area contributed by atoms with E-state index in [-0.39, 0.29) is 11.8 Å². The van der Waals surface area contributed by atoms with Gasteiger partial charge in [-0.25, -0.2) is 0 Å². The number of nitrogens with zero attached hydrogens (tertiary/aromatic N) is 3. The van der Waals surface area contributed by atoms with Crippen LogP contribution in [0.3, 0.4) is 0 Å². The normalized spacial score (nSPS) is 20.2. The number of pyridine rings is 1. The lowest BCUT2D eigenvalue weighted by atomic mass is 9.95. The summed E-state index contributed by atoms with van der Waals surface area (Å²) < 4.78 is 5.77. The van der Waals surface area contributed by atoms with Gasteiger partial charge in [0.2, 0.25) is 5.91 Å². The second-order valence-corrected chi connectivity index (χ2v) is 6.34. The lowest BCUT2D eigenvalue weighted by Gasteiger charge is -2.38. The van der Waals surface area contributed by atoms with Gasteiger partial charge in [0.25, 0.3) is 0 Å². The van der Waals surface area contributed by atoms with Gasteiger partial charge in [-0.05, 0) is 30.2 Å². The van der Waals surface area contributed by atoms with Crippen molar-refractivity contribution in [1.82, 2.24) is 9.88 Å². The molecule has 0 saturated carbocycles. The summed E-state index contributed by atoms with van der Waals surface area (Å²) >= 11 is 0. The number of amides is 1. The van der Waals surface area contributed by atoms with Gasteiger partial charge in [0.1, 0.15) is 12.4 Å². The van der Waals surface area contributed by atoms with Crippen LogP contribution < -0.4 is 9.64 Å². The topological polar surface area (TPSA) is 45.7 Å². The number of carbonyl (C=O) groups is 1. The van der Waals surface area contributed by atoms with Gasteiger partial charge in [0.05, 0.1) is 5.92 Å². The van der Waals surface area contributed by atoms with Gasteiger partial charge in [-0.2, -0.15) is 0 Å². The second-order valence-electron chi connectivity index (χ2n) is 6.34. The third-order valence-corrected chi connectivity index (χ3v) is 4.85. The number of carbonyl (C=O) groups excluding carboxylic acids is 1. The third-order valence-electron chi connectivity index (χ3n) is 4.85. The number of ether oxygens (including phenoxy) is 1. The minimum Gasteiger partial charge on any atom is -0.492 e. The first-order valence-corrected chi connectivity index (χ1v) is 8.46. The summed E-state index contributed by atoms with van der Waals surface area (Å²) in [6.07, 6.45) is 4.40. The average Bonchev–Trinajstić information content (AvgIpc) is 2.68. The molecule has 2 aliphatic rings. The number of hydrogen-bond donors (Lipinski definition) is 0. The smallest absolute Gasteiger partial charge is 0.229 e. The highest BCUT2D eigenvalue weighted by Gasteiger charge is 2.31. The predicted molar refractivity (Wildman–Crippen MR) is 92.2 cm³/mol. The summed E-state index contributed by atoms with van der Waals surface area (Å²) in [6.45, 7) is 3.73. The van der Waals surface area contributed by atoms with E-state index in [1.807, 2.05) is 47.6 Å². The Balaban J connectivity index is 1.37. The van der Waals surface area contributed by atoms with Gasteiger partial charge in [-0.15, -0.1) is 0 Å². The number of rotatable bonds is 2. The predicted octanol–water partition coefficient (Wildman–Crippen LogP) is 1.98. The Morgan fingerprint density at radius 1 is 1.04 bits per heavy atom. The van der Waals surface area contributed by atoms with Crippen molar-refractivity contribution >= 4 is 11.6 Å². The minimum atomic E-state index is -0.0626. The van der Waals surface area contributed by atoms with E-state index in [2.05, 4.69) is 16.0 Å². The van der Waals surface area contributed by atoms with Crippen LogP contribution in [0.2, 0.25) is 0 Å². The summed E-state index contributed by atoms with van der Waals surface area (Å²) in [4.78, 5) is 21.2. The summed E-state index contributed by atoms with van der Waals surface area (Å²) in [6, 6.07) is 12.0. The molecule has 24 heavy (non-hydrogen) atoms. The standard InChI is InChI=1S/C19H21N3O2/c23-19(16-13-15-3-1-2-4-18(15)24-14-16)22-11-9-21(10-12-22)17-5-7-20-8-6-17/h1-8,16H,9-14H2. The van der Waals surface area contributed by atoms with Crippen molar-refractivity contribution in [3.8, 4) is 5.75 Å². The maximum atomic E-state index is 12.8. The van der Waals surface area contributed by atoms with Crippen LogP contribution in [-0.2, 0) is 11.2 Å². The Hall–Kier alpha value is -2.56. The summed E-state index contributed by atoms with van der Waals surface area (Å²) in [5.41, 5.74) is 2.31. The van der Waals surface area contributed by atoms with Crippen molar-refractivity contribution in [3.05, 3.63) is 54.4 Å². The van der Waals surface area contributed by atoms with Gasteiger partial charge in [0, 0.05) is 44.3 Å². The highest BCUT2D eigenvalue weighted by molar-refractivity contribution is 5.80. The Bertz CT molecular complexity index is 712. The zero-order valence-electron chi connectivity index (χ0n) is 13.6. The number of para-hydroxylation sites is 1. The molecule has 0 spiro atoms. The molecule has 1 aromatic heterocycles. The maximum absolute atomic E-state index is 12.8. The molecule has 4 rings (SSSR count). The zero-order valence-corrected chi connectivity index (χ0v) is 13.6. The van der Waals surface area contributed by atoms with Crippen molar-refractivity contribution in [3.63, 3.8) is 0 Å². The van der Waals surface area contributed by atoms with E-state index >= 15 is 0 Å². The quantitative estimate of drug-likeness (QED) is 0.848. The van der Waals surface area contributed by atoms with Crippen molar-refractivity contribution in [2.75, 3.05) is 37.7 Å². The van der Waals surface area contributed by atoms with Gasteiger partial charge < -0.3 is 14.5 Å². The number of anilines is 1. The van der Waals surface area contributed by atoms with Crippen molar-refractivity contribution in [1.29, 1.82) is 0 Å². The van der Waals surface area contributed by atoms with Crippen LogP contribution in [0.1, 0.15) is 5.56 Å². The van der Waals surface area contributed by atoms with Crippen molar-refractivity contribution in [2.45, 2.75) is 6.42 Å². The molecule has 1 unspecified atom stereocenters. The second kappa shape index (κ2) is 6.51. The Labute approximate surface area is 141 Å². The molecule has 0 bridgehead atoms. The van der Waals surface area contributed by atoms with Crippen LogP contribution in [0, 0.1) is 5.92 Å². The molecule has 0 radical (unpaired) electrons. The van der Waals surface area contributed by atoms with Crippen LogP contribution in [0.15, 0.2) is 48.8 Å². The molecule has 1 saturated heterocycles. The molecule has 5 nitrogen and oxygen atoms in total.